The van der Waals surface area contributed by atoms with Crippen molar-refractivity contribution >= 4 is 11.9 Å². The predicted molar refractivity (Wildman–Crippen MR) is 128 cm³/mol. The van der Waals surface area contributed by atoms with E-state index in [9.17, 15) is 23.1 Å². The van der Waals surface area contributed by atoms with Crippen LogP contribution in [0.5, 0.6) is 5.75 Å². The summed E-state index contributed by atoms with van der Waals surface area (Å²) in [6.07, 6.45) is -3.71. The maximum absolute atomic E-state index is 13.2. The molecule has 0 radical (unpaired) electrons. The molecule has 5 rings (SSSR count). The van der Waals surface area contributed by atoms with Crippen LogP contribution in [0.1, 0.15) is 29.4 Å². The Morgan fingerprint density at radius 3 is 2.66 bits per heavy atom. The van der Waals surface area contributed by atoms with Crippen molar-refractivity contribution in [2.75, 3.05) is 18.0 Å². The summed E-state index contributed by atoms with van der Waals surface area (Å²) in [5, 5.41) is 13.4. The van der Waals surface area contributed by atoms with Crippen molar-refractivity contribution in [2.24, 2.45) is 5.92 Å². The molecule has 38 heavy (non-hydrogen) atoms. The molecule has 9 nitrogen and oxygen atoms in total. The first-order valence-electron chi connectivity index (χ1n) is 11.7. The SMILES string of the molecule is O=C(O)C[C@H]1CN(c2nccc(C(F)(F)F)n2)C[C@H]1c1cccc(OCc2noc(-c3ccccc3)n2)c1. The number of alkyl halides is 3. The highest BCUT2D eigenvalue weighted by molar-refractivity contribution is 5.67. The molecule has 0 amide bonds. The van der Waals surface area contributed by atoms with Crippen LogP contribution in [0, 0.1) is 5.92 Å². The Kier molecular flexibility index (Phi) is 6.95. The standard InChI is InChI=1S/C26H22F3N5O4/c27-26(28,29)21-9-10-30-25(31-21)34-13-18(12-23(35)36)20(14-34)17-7-4-8-19(11-17)37-15-22-32-24(38-33-22)16-5-2-1-3-6-16/h1-11,18,20H,12-15H2,(H,35,36)/t18-,20-/m0/s1. The van der Waals surface area contributed by atoms with Crippen molar-refractivity contribution in [3.63, 3.8) is 0 Å². The summed E-state index contributed by atoms with van der Waals surface area (Å²) >= 11 is 0. The van der Waals surface area contributed by atoms with Gasteiger partial charge in [0.2, 0.25) is 11.8 Å². The van der Waals surface area contributed by atoms with Gasteiger partial charge in [-0.3, -0.25) is 4.79 Å². The predicted octanol–water partition coefficient (Wildman–Crippen LogP) is 4.82. The van der Waals surface area contributed by atoms with E-state index in [1.807, 2.05) is 36.4 Å². The fourth-order valence-electron chi connectivity index (χ4n) is 4.50. The first-order valence-corrected chi connectivity index (χ1v) is 11.7. The number of aromatic nitrogens is 4. The van der Waals surface area contributed by atoms with Crippen molar-refractivity contribution in [2.45, 2.75) is 25.1 Å². The summed E-state index contributed by atoms with van der Waals surface area (Å²) in [5.41, 5.74) is 0.530. The van der Waals surface area contributed by atoms with Crippen LogP contribution in [-0.2, 0) is 17.6 Å². The molecule has 2 atom stereocenters. The monoisotopic (exact) mass is 525 g/mol. The van der Waals surface area contributed by atoms with E-state index in [0.717, 1.165) is 23.4 Å². The number of nitrogens with zero attached hydrogens (tertiary/aromatic N) is 5. The van der Waals surface area contributed by atoms with Crippen LogP contribution >= 0.6 is 0 Å². The molecule has 0 aliphatic carbocycles. The molecule has 0 unspecified atom stereocenters. The van der Waals surface area contributed by atoms with E-state index in [0.29, 0.717) is 17.5 Å². The lowest BCUT2D eigenvalue weighted by Crippen LogP contribution is -2.24. The van der Waals surface area contributed by atoms with Gasteiger partial charge in [-0.25, -0.2) is 9.97 Å². The Morgan fingerprint density at radius 2 is 1.89 bits per heavy atom. The minimum Gasteiger partial charge on any atom is -0.485 e. The second-order valence-corrected chi connectivity index (χ2v) is 8.85. The summed E-state index contributed by atoms with van der Waals surface area (Å²) in [4.78, 5) is 25.1. The summed E-state index contributed by atoms with van der Waals surface area (Å²) < 4.78 is 50.6. The van der Waals surface area contributed by atoms with Gasteiger partial charge in [-0.05, 0) is 41.8 Å². The van der Waals surface area contributed by atoms with Gasteiger partial charge in [-0.1, -0.05) is 35.5 Å². The van der Waals surface area contributed by atoms with E-state index in [2.05, 4.69) is 20.1 Å². The lowest BCUT2D eigenvalue weighted by molar-refractivity contribution is -0.141. The van der Waals surface area contributed by atoms with E-state index >= 15 is 0 Å². The molecule has 1 fully saturated rings. The molecule has 1 aliphatic rings. The smallest absolute Gasteiger partial charge is 0.433 e. The third-order valence-electron chi connectivity index (χ3n) is 6.24. The zero-order valence-corrected chi connectivity index (χ0v) is 19.9. The van der Waals surface area contributed by atoms with Crippen LogP contribution in [0.25, 0.3) is 11.5 Å². The average Bonchev–Trinajstić information content (AvgIpc) is 3.55. The number of carboxylic acid groups (broad SMARTS) is 1. The van der Waals surface area contributed by atoms with Gasteiger partial charge in [-0.2, -0.15) is 18.2 Å². The number of anilines is 1. The Balaban J connectivity index is 1.31. The normalized spacial score (nSPS) is 17.5. The molecule has 1 N–H and O–H groups in total. The van der Waals surface area contributed by atoms with Crippen molar-refractivity contribution in [1.29, 1.82) is 0 Å². The van der Waals surface area contributed by atoms with Crippen molar-refractivity contribution < 1.29 is 32.3 Å². The van der Waals surface area contributed by atoms with E-state index in [1.165, 1.54) is 0 Å². The second-order valence-electron chi connectivity index (χ2n) is 8.85. The van der Waals surface area contributed by atoms with Crippen LogP contribution in [0.4, 0.5) is 19.1 Å². The van der Waals surface area contributed by atoms with E-state index in [1.54, 1.807) is 23.1 Å². The van der Waals surface area contributed by atoms with Crippen molar-refractivity contribution in [3.05, 3.63) is 83.9 Å². The Bertz CT molecular complexity index is 1410. The van der Waals surface area contributed by atoms with Gasteiger partial charge < -0.3 is 19.3 Å². The largest absolute Gasteiger partial charge is 0.485 e. The Morgan fingerprint density at radius 1 is 1.08 bits per heavy atom. The number of benzene rings is 2. The molecular formula is C26H22F3N5O4. The highest BCUT2D eigenvalue weighted by atomic mass is 19.4. The first-order chi connectivity index (χ1) is 18.3. The molecule has 196 valence electrons. The van der Waals surface area contributed by atoms with Crippen LogP contribution in [-0.4, -0.2) is 44.3 Å². The van der Waals surface area contributed by atoms with Crippen LogP contribution in [0.2, 0.25) is 0 Å². The summed E-state index contributed by atoms with van der Waals surface area (Å²) in [7, 11) is 0. The maximum atomic E-state index is 13.2. The number of halogens is 3. The van der Waals surface area contributed by atoms with Gasteiger partial charge in [0, 0.05) is 30.8 Å². The molecule has 1 saturated heterocycles. The second kappa shape index (κ2) is 10.5. The molecule has 4 aromatic rings. The third kappa shape index (κ3) is 5.74. The van der Waals surface area contributed by atoms with Gasteiger partial charge in [0.25, 0.3) is 5.89 Å². The van der Waals surface area contributed by atoms with Gasteiger partial charge in [-0.15, -0.1) is 0 Å². The highest BCUT2D eigenvalue weighted by Crippen LogP contribution is 2.38. The summed E-state index contributed by atoms with van der Waals surface area (Å²) in [6, 6.07) is 17.3. The molecule has 3 heterocycles. The molecular weight excluding hydrogens is 503 g/mol. The van der Waals surface area contributed by atoms with Gasteiger partial charge in [0.15, 0.2) is 6.61 Å². The fraction of sp³-hybridized carbons (Fsp3) is 0.269. The number of carbonyl (C=O) groups is 1. The van der Waals surface area contributed by atoms with Gasteiger partial charge in [0.1, 0.15) is 11.4 Å². The van der Waals surface area contributed by atoms with E-state index < -0.39 is 17.8 Å². The number of hydrogen-bond donors (Lipinski definition) is 1. The van der Waals surface area contributed by atoms with Crippen molar-refractivity contribution in [1.82, 2.24) is 20.1 Å². The van der Waals surface area contributed by atoms with Gasteiger partial charge in [0.05, 0.1) is 6.42 Å². The minimum atomic E-state index is -4.61. The van der Waals surface area contributed by atoms with Crippen LogP contribution < -0.4 is 9.64 Å². The van der Waals surface area contributed by atoms with Gasteiger partial charge >= 0.3 is 12.1 Å². The lowest BCUT2D eigenvalue weighted by atomic mass is 9.87. The minimum absolute atomic E-state index is 0.0488. The van der Waals surface area contributed by atoms with Crippen LogP contribution in [0.3, 0.4) is 0 Å². The molecule has 12 heteroatoms. The maximum Gasteiger partial charge on any atom is 0.433 e. The van der Waals surface area contributed by atoms with E-state index in [4.69, 9.17) is 9.26 Å². The number of carboxylic acids is 1. The summed E-state index contributed by atoms with van der Waals surface area (Å²) in [5.74, 6) is -0.503. The fourth-order valence-corrected chi connectivity index (χ4v) is 4.50. The highest BCUT2D eigenvalue weighted by Gasteiger charge is 2.38. The lowest BCUT2D eigenvalue weighted by Gasteiger charge is -2.18. The third-order valence-corrected chi connectivity index (χ3v) is 6.24. The molecule has 0 bridgehead atoms. The van der Waals surface area contributed by atoms with Crippen molar-refractivity contribution in [3.8, 4) is 17.2 Å². The average molecular weight is 525 g/mol. The van der Waals surface area contributed by atoms with E-state index in [-0.39, 0.29) is 43.9 Å². The number of ether oxygens (including phenoxy) is 1. The quantitative estimate of drug-likeness (QED) is 0.346. The van der Waals surface area contributed by atoms with Crippen LogP contribution in [0.15, 0.2) is 71.4 Å². The molecule has 0 saturated carbocycles. The Labute approximate surface area is 214 Å². The summed E-state index contributed by atoms with van der Waals surface area (Å²) in [6.45, 7) is 0.510. The first kappa shape index (κ1) is 25.2. The number of rotatable bonds is 8. The molecule has 0 spiro atoms. The molecule has 1 aliphatic heterocycles. The number of aliphatic carboxylic acids is 1. The topological polar surface area (TPSA) is 114 Å². The molecule has 2 aromatic carbocycles. The Hall–Kier alpha value is -4.48. The zero-order valence-electron chi connectivity index (χ0n) is 19.9. The molecule has 2 aromatic heterocycles. The zero-order chi connectivity index (χ0) is 26.7. The number of hydrogen-bond acceptors (Lipinski definition) is 8.